The molecule has 1 atom stereocenters. The molecule has 0 spiro atoms. The zero-order valence-electron chi connectivity index (χ0n) is 11.5. The molecule has 1 unspecified atom stereocenters. The Bertz CT molecular complexity index is 484. The fourth-order valence-corrected chi connectivity index (χ4v) is 2.49. The van der Waals surface area contributed by atoms with Gasteiger partial charge >= 0.3 is 0 Å². The zero-order chi connectivity index (χ0) is 14.8. The molecule has 0 bridgehead atoms. The molecule has 1 fully saturated rings. The van der Waals surface area contributed by atoms with Crippen molar-refractivity contribution in [3.8, 4) is 0 Å². The van der Waals surface area contributed by atoms with Crippen molar-refractivity contribution in [2.24, 2.45) is 10.9 Å². The molecule has 1 amide bonds. The maximum atomic E-state index is 12.5. The molecular weight excluding hydrogens is 270 g/mol. The van der Waals surface area contributed by atoms with Crippen LogP contribution in [-0.2, 0) is 14.6 Å². The first-order chi connectivity index (χ1) is 8.63. The van der Waals surface area contributed by atoms with Gasteiger partial charge in [-0.1, -0.05) is 5.16 Å². The van der Waals surface area contributed by atoms with Gasteiger partial charge in [-0.15, -0.1) is 0 Å². The van der Waals surface area contributed by atoms with Gasteiger partial charge in [0.05, 0.1) is 6.04 Å². The molecule has 7 nitrogen and oxygen atoms in total. The summed E-state index contributed by atoms with van der Waals surface area (Å²) in [6.45, 7) is 3.17. The van der Waals surface area contributed by atoms with Gasteiger partial charge in [0.2, 0.25) is 5.91 Å². The summed E-state index contributed by atoms with van der Waals surface area (Å²) >= 11 is 0. The third-order valence-electron chi connectivity index (χ3n) is 3.66. The van der Waals surface area contributed by atoms with Gasteiger partial charge in [0, 0.05) is 12.8 Å². The summed E-state index contributed by atoms with van der Waals surface area (Å²) in [5.41, 5.74) is 5.58. The van der Waals surface area contributed by atoms with E-state index in [2.05, 4.69) is 5.16 Å². The Kier molecular flexibility index (Phi) is 4.44. The van der Waals surface area contributed by atoms with E-state index in [-0.39, 0.29) is 5.84 Å². The maximum Gasteiger partial charge on any atom is 0.244 e. The number of likely N-dealkylation sites (tertiary alicyclic amines) is 1. The molecule has 1 rings (SSSR count). The van der Waals surface area contributed by atoms with Crippen LogP contribution in [0.5, 0.6) is 0 Å². The van der Waals surface area contributed by atoms with Gasteiger partial charge in [0.15, 0.2) is 15.7 Å². The number of rotatable bonds is 3. The second-order valence-electron chi connectivity index (χ2n) is 5.32. The number of nitrogens with zero attached hydrogens (tertiary/aromatic N) is 2. The van der Waals surface area contributed by atoms with Crippen molar-refractivity contribution in [3.05, 3.63) is 0 Å². The molecule has 0 aromatic heterocycles. The number of carbonyl (C=O) groups is 1. The van der Waals surface area contributed by atoms with Crippen LogP contribution in [0.3, 0.4) is 0 Å². The van der Waals surface area contributed by atoms with Gasteiger partial charge in [-0.2, -0.15) is 0 Å². The summed E-state index contributed by atoms with van der Waals surface area (Å²) in [5, 5.41) is 11.7. The Labute approximate surface area is 113 Å². The summed E-state index contributed by atoms with van der Waals surface area (Å²) in [7, 11) is -3.54. The second-order valence-corrected chi connectivity index (χ2v) is 7.88. The van der Waals surface area contributed by atoms with Crippen molar-refractivity contribution >= 4 is 21.6 Å². The third kappa shape index (κ3) is 2.99. The first-order valence-corrected chi connectivity index (χ1v) is 8.00. The standard InChI is InChI=1S/C11H21N3O4S/c1-11(2,19(3,17)18)10(15)14-7-5-4-6-8(14)9(12)13-16/h8,16H,4-7H2,1-3H3,(H2,12,13). The van der Waals surface area contributed by atoms with Crippen LogP contribution < -0.4 is 5.73 Å². The third-order valence-corrected chi connectivity index (χ3v) is 5.69. The number of nitrogens with two attached hydrogens (primary N) is 1. The molecule has 8 heteroatoms. The minimum Gasteiger partial charge on any atom is -0.409 e. The van der Waals surface area contributed by atoms with E-state index in [9.17, 15) is 13.2 Å². The molecule has 1 aliphatic rings. The number of amidine groups is 1. The first-order valence-electron chi connectivity index (χ1n) is 6.11. The average Bonchev–Trinajstić information content (AvgIpc) is 2.35. The maximum absolute atomic E-state index is 12.5. The molecule has 0 saturated carbocycles. The average molecular weight is 291 g/mol. The Morgan fingerprint density at radius 3 is 2.47 bits per heavy atom. The summed E-state index contributed by atoms with van der Waals surface area (Å²) in [6, 6.07) is -0.535. The van der Waals surface area contributed by atoms with Gasteiger partial charge < -0.3 is 15.8 Å². The van der Waals surface area contributed by atoms with Crippen LogP contribution in [0.1, 0.15) is 33.1 Å². The lowest BCUT2D eigenvalue weighted by Crippen LogP contribution is -2.58. The Hall–Kier alpha value is -1.31. The number of carbonyl (C=O) groups excluding carboxylic acids is 1. The van der Waals surface area contributed by atoms with Crippen molar-refractivity contribution in [2.75, 3.05) is 12.8 Å². The quantitative estimate of drug-likeness (QED) is 0.327. The number of sulfone groups is 1. The molecular formula is C11H21N3O4S. The number of oxime groups is 1. The van der Waals surface area contributed by atoms with E-state index < -0.39 is 26.5 Å². The molecule has 0 radical (unpaired) electrons. The predicted molar refractivity (Wildman–Crippen MR) is 71.7 cm³/mol. The van der Waals surface area contributed by atoms with E-state index in [1.54, 1.807) is 0 Å². The molecule has 0 aromatic carbocycles. The van der Waals surface area contributed by atoms with Gasteiger partial charge in [-0.05, 0) is 33.1 Å². The van der Waals surface area contributed by atoms with E-state index >= 15 is 0 Å². The lowest BCUT2D eigenvalue weighted by molar-refractivity contribution is -0.135. The number of piperidine rings is 1. The first kappa shape index (κ1) is 15.7. The summed E-state index contributed by atoms with van der Waals surface area (Å²) in [4.78, 5) is 13.9. The molecule has 0 aliphatic carbocycles. The SMILES string of the molecule is CC(C)(C(=O)N1CCCCC1C(N)=NO)S(C)(=O)=O. The smallest absolute Gasteiger partial charge is 0.244 e. The molecule has 1 heterocycles. The Balaban J connectivity index is 3.09. The largest absolute Gasteiger partial charge is 0.409 e. The van der Waals surface area contributed by atoms with Crippen LogP contribution in [0.25, 0.3) is 0 Å². The van der Waals surface area contributed by atoms with Gasteiger partial charge in [-0.3, -0.25) is 4.79 Å². The summed E-state index contributed by atoms with van der Waals surface area (Å²) in [5.74, 6) is -0.566. The molecule has 110 valence electrons. The Morgan fingerprint density at radius 2 is 2.00 bits per heavy atom. The van der Waals surface area contributed by atoms with Gasteiger partial charge in [0.25, 0.3) is 0 Å². The van der Waals surface area contributed by atoms with Crippen LogP contribution in [0.4, 0.5) is 0 Å². The molecule has 1 aliphatic heterocycles. The highest BCUT2D eigenvalue weighted by Crippen LogP contribution is 2.25. The lowest BCUT2D eigenvalue weighted by Gasteiger charge is -2.38. The minimum absolute atomic E-state index is 0.0580. The molecule has 1 saturated heterocycles. The van der Waals surface area contributed by atoms with E-state index in [1.807, 2.05) is 0 Å². The highest BCUT2D eigenvalue weighted by molar-refractivity contribution is 7.92. The summed E-state index contributed by atoms with van der Waals surface area (Å²) < 4.78 is 21.9. The zero-order valence-corrected chi connectivity index (χ0v) is 12.3. The van der Waals surface area contributed by atoms with E-state index in [0.29, 0.717) is 13.0 Å². The Morgan fingerprint density at radius 1 is 1.42 bits per heavy atom. The van der Waals surface area contributed by atoms with Gasteiger partial charge in [0.1, 0.15) is 4.75 Å². The van der Waals surface area contributed by atoms with E-state index in [1.165, 1.54) is 18.7 Å². The highest BCUT2D eigenvalue weighted by Gasteiger charge is 2.44. The van der Waals surface area contributed by atoms with Crippen LogP contribution in [0, 0.1) is 0 Å². The molecule has 19 heavy (non-hydrogen) atoms. The lowest BCUT2D eigenvalue weighted by atomic mass is 9.99. The normalized spacial score (nSPS) is 22.4. The van der Waals surface area contributed by atoms with Crippen molar-refractivity contribution in [1.82, 2.24) is 4.90 Å². The summed E-state index contributed by atoms with van der Waals surface area (Å²) in [6.07, 6.45) is 3.24. The van der Waals surface area contributed by atoms with Crippen LogP contribution in [0.2, 0.25) is 0 Å². The number of amides is 1. The van der Waals surface area contributed by atoms with Gasteiger partial charge in [-0.25, -0.2) is 8.42 Å². The van der Waals surface area contributed by atoms with Crippen molar-refractivity contribution in [3.63, 3.8) is 0 Å². The molecule has 3 N–H and O–H groups in total. The monoisotopic (exact) mass is 291 g/mol. The fourth-order valence-electron chi connectivity index (χ4n) is 2.05. The number of hydrogen-bond acceptors (Lipinski definition) is 5. The molecule has 0 aromatic rings. The van der Waals surface area contributed by atoms with E-state index in [0.717, 1.165) is 19.1 Å². The van der Waals surface area contributed by atoms with E-state index in [4.69, 9.17) is 10.9 Å². The number of hydrogen-bond donors (Lipinski definition) is 2. The highest BCUT2D eigenvalue weighted by atomic mass is 32.2. The van der Waals surface area contributed by atoms with Crippen molar-refractivity contribution in [1.29, 1.82) is 0 Å². The minimum atomic E-state index is -3.54. The second kappa shape index (κ2) is 5.36. The van der Waals surface area contributed by atoms with Crippen LogP contribution >= 0.6 is 0 Å². The fraction of sp³-hybridized carbons (Fsp3) is 0.818. The van der Waals surface area contributed by atoms with Crippen molar-refractivity contribution in [2.45, 2.75) is 43.9 Å². The van der Waals surface area contributed by atoms with Crippen LogP contribution in [-0.4, -0.2) is 53.9 Å². The van der Waals surface area contributed by atoms with Crippen LogP contribution in [0.15, 0.2) is 5.16 Å². The van der Waals surface area contributed by atoms with Crippen molar-refractivity contribution < 1.29 is 18.4 Å². The predicted octanol–water partition coefficient (Wildman–Crippen LogP) is -0.0629. The topological polar surface area (TPSA) is 113 Å².